The van der Waals surface area contributed by atoms with Crippen LogP contribution in [0.2, 0.25) is 0 Å². The summed E-state index contributed by atoms with van der Waals surface area (Å²) in [5.41, 5.74) is 0.250. The Morgan fingerprint density at radius 1 is 1.14 bits per heavy atom. The molecule has 0 saturated carbocycles. The fraction of sp³-hybridized carbons (Fsp3) is 0.0667. The van der Waals surface area contributed by atoms with Gasteiger partial charge in [-0.25, -0.2) is 22.9 Å². The van der Waals surface area contributed by atoms with Crippen LogP contribution in [0.15, 0.2) is 34.7 Å². The molecule has 0 aliphatic rings. The number of aryl methyl sites for hydroxylation is 1. The molecule has 0 unspecified atom stereocenters. The molecule has 1 aromatic heterocycles. The quantitative estimate of drug-likeness (QED) is 0.411. The van der Waals surface area contributed by atoms with Crippen molar-refractivity contribution in [2.45, 2.75) is 6.92 Å². The van der Waals surface area contributed by atoms with Crippen molar-refractivity contribution in [2.75, 3.05) is 0 Å². The van der Waals surface area contributed by atoms with E-state index in [9.17, 15) is 18.0 Å². The zero-order chi connectivity index (χ0) is 15.9. The Labute approximate surface area is 122 Å². The monoisotopic (exact) mass is 307 g/mol. The van der Waals surface area contributed by atoms with Gasteiger partial charge in [-0.2, -0.15) is 0 Å². The minimum absolute atomic E-state index is 0.0786. The molecule has 0 N–H and O–H groups in total. The predicted molar refractivity (Wildman–Crippen MR) is 70.0 cm³/mol. The maximum Gasteiger partial charge on any atom is 0.346 e. The molecule has 0 atom stereocenters. The molecule has 0 fully saturated rings. The van der Waals surface area contributed by atoms with Crippen LogP contribution in [0.1, 0.15) is 16.2 Å². The van der Waals surface area contributed by atoms with Crippen LogP contribution >= 0.6 is 0 Å². The predicted octanol–water partition coefficient (Wildman–Crippen LogP) is 3.77. The number of fused-ring (bicyclic) bond motifs is 1. The van der Waals surface area contributed by atoms with E-state index in [4.69, 9.17) is 9.15 Å². The summed E-state index contributed by atoms with van der Waals surface area (Å²) in [5, 5.41) is 0. The first-order valence-electron chi connectivity index (χ1n) is 6.18. The summed E-state index contributed by atoms with van der Waals surface area (Å²) in [6.45, 7) is 1.66. The van der Waals surface area contributed by atoms with Crippen LogP contribution < -0.4 is 4.74 Å². The Balaban J connectivity index is 1.91. The number of carbonyl (C=O) groups is 1. The number of halogens is 3. The number of esters is 1. The van der Waals surface area contributed by atoms with Gasteiger partial charge in [0, 0.05) is 13.0 Å². The number of benzene rings is 2. The Bertz CT molecular complexity index is 889. The molecule has 22 heavy (non-hydrogen) atoms. The Morgan fingerprint density at radius 2 is 1.91 bits per heavy atom. The summed E-state index contributed by atoms with van der Waals surface area (Å²) in [6, 6.07) is 5.83. The van der Waals surface area contributed by atoms with Crippen molar-refractivity contribution in [2.24, 2.45) is 0 Å². The van der Waals surface area contributed by atoms with Gasteiger partial charge in [0.25, 0.3) is 0 Å². The molecule has 0 saturated heterocycles. The molecule has 0 amide bonds. The summed E-state index contributed by atoms with van der Waals surface area (Å²) < 4.78 is 49.7. The second kappa shape index (κ2) is 5.18. The van der Waals surface area contributed by atoms with E-state index in [0.717, 1.165) is 6.07 Å². The molecule has 3 rings (SSSR count). The molecule has 112 valence electrons. The van der Waals surface area contributed by atoms with Gasteiger partial charge in [-0.05, 0) is 24.3 Å². The van der Waals surface area contributed by atoms with Gasteiger partial charge in [-0.3, -0.25) is 0 Å². The van der Waals surface area contributed by atoms with Gasteiger partial charge >= 0.3 is 5.97 Å². The van der Waals surface area contributed by atoms with Crippen molar-refractivity contribution in [1.29, 1.82) is 0 Å². The normalized spacial score (nSPS) is 10.9. The maximum atomic E-state index is 13.5. The van der Waals surface area contributed by atoms with E-state index in [1.165, 1.54) is 18.2 Å². The lowest BCUT2D eigenvalue weighted by atomic mass is 10.2. The Morgan fingerprint density at radius 3 is 2.68 bits per heavy atom. The number of nitrogens with zero attached hydrogens (tertiary/aromatic N) is 1. The van der Waals surface area contributed by atoms with Crippen molar-refractivity contribution in [3.63, 3.8) is 0 Å². The molecule has 2 aromatic carbocycles. The molecule has 7 heteroatoms. The lowest BCUT2D eigenvalue weighted by molar-refractivity contribution is 0.0728. The highest BCUT2D eigenvalue weighted by Crippen LogP contribution is 2.23. The number of ether oxygens (including phenoxy) is 1. The first kappa shape index (κ1) is 14.1. The van der Waals surface area contributed by atoms with Crippen LogP contribution in [0.5, 0.6) is 5.75 Å². The van der Waals surface area contributed by atoms with Crippen LogP contribution in [-0.2, 0) is 0 Å². The Kier molecular flexibility index (Phi) is 3.32. The lowest BCUT2D eigenvalue weighted by Crippen LogP contribution is -2.12. The van der Waals surface area contributed by atoms with E-state index < -0.39 is 29.0 Å². The highest BCUT2D eigenvalue weighted by atomic mass is 19.2. The first-order valence-corrected chi connectivity index (χ1v) is 6.18. The number of rotatable bonds is 2. The van der Waals surface area contributed by atoms with Crippen molar-refractivity contribution < 1.29 is 27.1 Å². The summed E-state index contributed by atoms with van der Waals surface area (Å²) in [6.07, 6.45) is 0. The van der Waals surface area contributed by atoms with E-state index in [1.54, 1.807) is 6.92 Å². The molecule has 3 aromatic rings. The average molecular weight is 307 g/mol. The van der Waals surface area contributed by atoms with Gasteiger partial charge in [0.1, 0.15) is 11.3 Å². The zero-order valence-electron chi connectivity index (χ0n) is 11.2. The average Bonchev–Trinajstić information content (AvgIpc) is 2.84. The van der Waals surface area contributed by atoms with E-state index >= 15 is 0 Å². The van der Waals surface area contributed by atoms with Crippen molar-refractivity contribution in [3.05, 3.63) is 59.2 Å². The van der Waals surface area contributed by atoms with Gasteiger partial charge in [-0.15, -0.1) is 0 Å². The lowest BCUT2D eigenvalue weighted by Gasteiger charge is -2.05. The molecular formula is C15H8F3NO3. The third-order valence-corrected chi connectivity index (χ3v) is 2.93. The van der Waals surface area contributed by atoms with Crippen LogP contribution in [0.3, 0.4) is 0 Å². The highest BCUT2D eigenvalue weighted by molar-refractivity contribution is 5.91. The van der Waals surface area contributed by atoms with E-state index in [0.29, 0.717) is 23.1 Å². The van der Waals surface area contributed by atoms with E-state index in [1.807, 2.05) is 0 Å². The largest absolute Gasteiger partial charge is 0.441 e. The SMILES string of the molecule is Cc1nc2cc(OC(=O)c3ccc(F)c(F)c3F)ccc2o1. The topological polar surface area (TPSA) is 52.3 Å². The molecule has 4 nitrogen and oxygen atoms in total. The smallest absolute Gasteiger partial charge is 0.346 e. The summed E-state index contributed by atoms with van der Waals surface area (Å²) >= 11 is 0. The second-order valence-corrected chi connectivity index (χ2v) is 4.47. The van der Waals surface area contributed by atoms with Crippen LogP contribution in [0.25, 0.3) is 11.1 Å². The number of hydrogen-bond donors (Lipinski definition) is 0. The summed E-state index contributed by atoms with van der Waals surface area (Å²) in [4.78, 5) is 15.9. The number of aromatic nitrogens is 1. The fourth-order valence-corrected chi connectivity index (χ4v) is 1.93. The van der Waals surface area contributed by atoms with Crippen LogP contribution in [0.4, 0.5) is 13.2 Å². The van der Waals surface area contributed by atoms with Crippen molar-refractivity contribution >= 4 is 17.1 Å². The zero-order valence-corrected chi connectivity index (χ0v) is 11.2. The van der Waals surface area contributed by atoms with Gasteiger partial charge in [0.15, 0.2) is 28.9 Å². The number of hydrogen-bond acceptors (Lipinski definition) is 4. The van der Waals surface area contributed by atoms with Crippen molar-refractivity contribution in [3.8, 4) is 5.75 Å². The third-order valence-electron chi connectivity index (χ3n) is 2.93. The van der Waals surface area contributed by atoms with Crippen LogP contribution in [-0.4, -0.2) is 11.0 Å². The maximum absolute atomic E-state index is 13.5. The fourth-order valence-electron chi connectivity index (χ4n) is 1.93. The molecule has 0 bridgehead atoms. The minimum atomic E-state index is -1.72. The van der Waals surface area contributed by atoms with E-state index in [-0.39, 0.29) is 5.75 Å². The van der Waals surface area contributed by atoms with Gasteiger partial charge in [0.2, 0.25) is 0 Å². The van der Waals surface area contributed by atoms with Crippen molar-refractivity contribution in [1.82, 2.24) is 4.98 Å². The molecular weight excluding hydrogens is 299 g/mol. The molecule has 0 aliphatic heterocycles. The van der Waals surface area contributed by atoms with Gasteiger partial charge in [0.05, 0.1) is 5.56 Å². The molecule has 0 radical (unpaired) electrons. The highest BCUT2D eigenvalue weighted by Gasteiger charge is 2.20. The number of oxazole rings is 1. The van der Waals surface area contributed by atoms with Crippen LogP contribution in [0, 0.1) is 24.4 Å². The van der Waals surface area contributed by atoms with E-state index in [2.05, 4.69) is 4.98 Å². The third kappa shape index (κ3) is 2.41. The molecule has 0 spiro atoms. The molecule has 0 aliphatic carbocycles. The second-order valence-electron chi connectivity index (χ2n) is 4.47. The summed E-state index contributed by atoms with van der Waals surface area (Å²) in [7, 11) is 0. The minimum Gasteiger partial charge on any atom is -0.441 e. The first-order chi connectivity index (χ1) is 10.5. The number of carbonyl (C=O) groups excluding carboxylic acids is 1. The Hall–Kier alpha value is -2.83. The van der Waals surface area contributed by atoms with Gasteiger partial charge in [-0.1, -0.05) is 0 Å². The van der Waals surface area contributed by atoms with Gasteiger partial charge < -0.3 is 9.15 Å². The molecule has 1 heterocycles. The summed E-state index contributed by atoms with van der Waals surface area (Å²) in [5.74, 6) is -5.33. The standard InChI is InChI=1S/C15H8F3NO3/c1-7-19-11-6-8(2-5-12(11)21-7)22-15(20)9-3-4-10(16)14(18)13(9)17/h2-6H,1H3.